The Bertz CT molecular complexity index is 1140. The predicted molar refractivity (Wildman–Crippen MR) is 139 cm³/mol. The molecule has 0 radical (unpaired) electrons. The van der Waals surface area contributed by atoms with Crippen LogP contribution in [0.4, 0.5) is 0 Å². The molecule has 0 unspecified atom stereocenters. The molecule has 1 aliphatic rings. The zero-order valence-corrected chi connectivity index (χ0v) is 22.0. The number of methoxy groups -OCH3 is 1. The molecule has 2 aromatic rings. The summed E-state index contributed by atoms with van der Waals surface area (Å²) in [4.78, 5) is 51.3. The van der Waals surface area contributed by atoms with Crippen LogP contribution >= 0.6 is 0 Å². The maximum absolute atomic E-state index is 13.5. The van der Waals surface area contributed by atoms with Gasteiger partial charge in [0.1, 0.15) is 24.1 Å². The van der Waals surface area contributed by atoms with Crippen molar-refractivity contribution in [1.82, 2.24) is 20.5 Å². The Morgan fingerprint density at radius 3 is 2.57 bits per heavy atom. The molecule has 1 aromatic heterocycles. The fraction of sp³-hybridized carbons (Fsp3) is 0.556. The molecule has 10 heteroatoms. The first-order valence-electron chi connectivity index (χ1n) is 12.9. The van der Waals surface area contributed by atoms with Crippen LogP contribution in [0.5, 0.6) is 5.75 Å². The lowest BCUT2D eigenvalue weighted by molar-refractivity contribution is -0.131. The Balaban J connectivity index is 1.85. The summed E-state index contributed by atoms with van der Waals surface area (Å²) in [6.45, 7) is 6.26. The molecule has 1 aromatic carbocycles. The van der Waals surface area contributed by atoms with Crippen molar-refractivity contribution in [3.05, 3.63) is 30.0 Å². The van der Waals surface area contributed by atoms with E-state index >= 15 is 0 Å². The van der Waals surface area contributed by atoms with Crippen molar-refractivity contribution in [3.63, 3.8) is 0 Å². The van der Waals surface area contributed by atoms with Gasteiger partial charge in [-0.15, -0.1) is 0 Å². The predicted octanol–water partition coefficient (Wildman–Crippen LogP) is 1.78. The highest BCUT2D eigenvalue weighted by atomic mass is 16.5. The molecule has 1 fully saturated rings. The van der Waals surface area contributed by atoms with E-state index in [2.05, 4.69) is 16.0 Å². The number of aryl methyl sites for hydroxylation is 1. The standard InChI is InChI=1S/C27H38N4O6/c1-5-11-31-21-7-6-8-24(37-4)18(21)14-22(31)27(36)30-20(12-16(2)3)26(35)29-19(23(33)15-32)13-17-9-10-28-25(17)34/h6-8,14,16-17,19-20,32H,5,9-13,15H2,1-4H3,(H,28,34)(H,29,35)(H,30,36)/t17-,19+,20-/m1/s1. The summed E-state index contributed by atoms with van der Waals surface area (Å²) in [5.74, 6) is -1.37. The van der Waals surface area contributed by atoms with E-state index in [4.69, 9.17) is 4.74 Å². The Kier molecular flexibility index (Phi) is 9.68. The van der Waals surface area contributed by atoms with Crippen molar-refractivity contribution in [2.75, 3.05) is 20.3 Å². The molecule has 37 heavy (non-hydrogen) atoms. The lowest BCUT2D eigenvalue weighted by Crippen LogP contribution is -2.53. The zero-order chi connectivity index (χ0) is 27.1. The second-order valence-electron chi connectivity index (χ2n) is 9.93. The van der Waals surface area contributed by atoms with E-state index in [0.29, 0.717) is 37.4 Å². The number of nitrogens with zero attached hydrogens (tertiary/aromatic N) is 1. The summed E-state index contributed by atoms with van der Waals surface area (Å²) in [6, 6.07) is 5.46. The van der Waals surface area contributed by atoms with Gasteiger partial charge in [0, 0.05) is 24.4 Å². The SMILES string of the molecule is CCCn1c(C(=O)N[C@H](CC(C)C)C(=O)N[C@@H](C[C@H]2CCNC2=O)C(=O)CO)cc2c(OC)cccc21. The van der Waals surface area contributed by atoms with Crippen molar-refractivity contribution in [1.29, 1.82) is 0 Å². The third kappa shape index (κ3) is 6.68. The van der Waals surface area contributed by atoms with Crippen LogP contribution in [-0.4, -0.2) is 65.5 Å². The summed E-state index contributed by atoms with van der Waals surface area (Å²) in [6.07, 6.45) is 1.81. The number of ether oxygens (including phenoxy) is 1. The maximum Gasteiger partial charge on any atom is 0.268 e. The van der Waals surface area contributed by atoms with Gasteiger partial charge in [0.2, 0.25) is 11.8 Å². The van der Waals surface area contributed by atoms with Gasteiger partial charge in [-0.25, -0.2) is 0 Å². The monoisotopic (exact) mass is 514 g/mol. The minimum absolute atomic E-state index is 0.0743. The molecule has 202 valence electrons. The molecule has 10 nitrogen and oxygen atoms in total. The highest BCUT2D eigenvalue weighted by molar-refractivity contribution is 6.02. The minimum Gasteiger partial charge on any atom is -0.496 e. The first-order chi connectivity index (χ1) is 17.7. The number of fused-ring (bicyclic) bond motifs is 1. The van der Waals surface area contributed by atoms with Crippen LogP contribution in [-0.2, 0) is 20.9 Å². The van der Waals surface area contributed by atoms with Crippen LogP contribution in [0, 0.1) is 11.8 Å². The van der Waals surface area contributed by atoms with E-state index in [-0.39, 0.29) is 18.2 Å². The number of Topliss-reactive ketones (excluding diaryl/α,β-unsaturated/α-hetero) is 1. The third-order valence-corrected chi connectivity index (χ3v) is 6.68. The minimum atomic E-state index is -1.02. The van der Waals surface area contributed by atoms with Crippen molar-refractivity contribution in [2.45, 2.75) is 65.1 Å². The zero-order valence-electron chi connectivity index (χ0n) is 22.0. The molecule has 0 saturated carbocycles. The summed E-state index contributed by atoms with van der Waals surface area (Å²) in [5.41, 5.74) is 1.27. The van der Waals surface area contributed by atoms with Crippen LogP contribution in [0.1, 0.15) is 56.9 Å². The van der Waals surface area contributed by atoms with Crippen molar-refractivity contribution >= 4 is 34.4 Å². The summed E-state index contributed by atoms with van der Waals surface area (Å²) >= 11 is 0. The lowest BCUT2D eigenvalue weighted by Gasteiger charge is -2.25. The first kappa shape index (κ1) is 28.2. The van der Waals surface area contributed by atoms with E-state index in [1.54, 1.807) is 13.2 Å². The fourth-order valence-corrected chi connectivity index (χ4v) is 4.83. The average molecular weight is 515 g/mol. The van der Waals surface area contributed by atoms with Crippen LogP contribution in [0.2, 0.25) is 0 Å². The molecule has 1 aliphatic heterocycles. The van der Waals surface area contributed by atoms with Gasteiger partial charge in [0.25, 0.3) is 5.91 Å². The third-order valence-electron chi connectivity index (χ3n) is 6.68. The molecule has 2 heterocycles. The average Bonchev–Trinajstić information content (AvgIpc) is 3.45. The lowest BCUT2D eigenvalue weighted by atomic mass is 9.95. The van der Waals surface area contributed by atoms with Crippen molar-refractivity contribution in [2.24, 2.45) is 11.8 Å². The molecule has 0 bridgehead atoms. The van der Waals surface area contributed by atoms with E-state index in [1.807, 2.05) is 43.5 Å². The Morgan fingerprint density at radius 1 is 1.22 bits per heavy atom. The number of aliphatic hydroxyl groups is 1. The van der Waals surface area contributed by atoms with E-state index in [0.717, 1.165) is 17.3 Å². The molecule has 1 saturated heterocycles. The van der Waals surface area contributed by atoms with Crippen LogP contribution < -0.4 is 20.7 Å². The van der Waals surface area contributed by atoms with Gasteiger partial charge < -0.3 is 30.4 Å². The van der Waals surface area contributed by atoms with Crippen molar-refractivity contribution < 1.29 is 29.0 Å². The van der Waals surface area contributed by atoms with E-state index in [9.17, 15) is 24.3 Å². The molecule has 4 N–H and O–H groups in total. The van der Waals surface area contributed by atoms with Gasteiger partial charge >= 0.3 is 0 Å². The molecular weight excluding hydrogens is 476 g/mol. The number of rotatable bonds is 13. The highest BCUT2D eigenvalue weighted by Crippen LogP contribution is 2.29. The second kappa shape index (κ2) is 12.7. The van der Waals surface area contributed by atoms with E-state index < -0.39 is 42.2 Å². The van der Waals surface area contributed by atoms with Gasteiger partial charge in [-0.05, 0) is 49.8 Å². The molecule has 3 rings (SSSR count). The number of benzene rings is 1. The number of ketones is 1. The molecule has 0 spiro atoms. The Labute approximate surface area is 217 Å². The van der Waals surface area contributed by atoms with Crippen LogP contribution in [0.15, 0.2) is 24.3 Å². The van der Waals surface area contributed by atoms with Crippen LogP contribution in [0.25, 0.3) is 10.9 Å². The quantitative estimate of drug-likeness (QED) is 0.321. The van der Waals surface area contributed by atoms with Gasteiger partial charge in [-0.2, -0.15) is 0 Å². The number of nitrogens with one attached hydrogen (secondary N) is 3. The van der Waals surface area contributed by atoms with Crippen molar-refractivity contribution in [3.8, 4) is 5.75 Å². The fourth-order valence-electron chi connectivity index (χ4n) is 4.83. The number of carbonyl (C=O) groups is 4. The second-order valence-corrected chi connectivity index (χ2v) is 9.93. The van der Waals surface area contributed by atoms with Gasteiger partial charge in [-0.1, -0.05) is 26.8 Å². The highest BCUT2D eigenvalue weighted by Gasteiger charge is 2.33. The first-order valence-corrected chi connectivity index (χ1v) is 12.9. The number of hydrogen-bond donors (Lipinski definition) is 4. The van der Waals surface area contributed by atoms with Gasteiger partial charge in [0.05, 0.1) is 18.7 Å². The molecule has 3 amide bonds. The molecule has 0 aliphatic carbocycles. The summed E-state index contributed by atoms with van der Waals surface area (Å²) < 4.78 is 7.39. The molecular formula is C27H38N4O6. The molecule has 3 atom stereocenters. The number of carbonyl (C=O) groups excluding carboxylic acids is 4. The van der Waals surface area contributed by atoms with Crippen LogP contribution in [0.3, 0.4) is 0 Å². The Hall–Kier alpha value is -3.40. The number of amides is 3. The Morgan fingerprint density at radius 2 is 1.97 bits per heavy atom. The summed E-state index contributed by atoms with van der Waals surface area (Å²) in [7, 11) is 1.58. The van der Waals surface area contributed by atoms with Gasteiger partial charge in [0.15, 0.2) is 5.78 Å². The number of aromatic nitrogens is 1. The smallest absolute Gasteiger partial charge is 0.268 e. The van der Waals surface area contributed by atoms with Gasteiger partial charge in [-0.3, -0.25) is 19.2 Å². The van der Waals surface area contributed by atoms with E-state index in [1.165, 1.54) is 0 Å². The topological polar surface area (TPSA) is 139 Å². The summed E-state index contributed by atoms with van der Waals surface area (Å²) in [5, 5.41) is 18.5. The largest absolute Gasteiger partial charge is 0.496 e. The number of aliphatic hydroxyl groups excluding tert-OH is 1. The maximum atomic E-state index is 13.5. The number of hydrogen-bond acceptors (Lipinski definition) is 6. The normalized spacial score (nSPS) is 16.9.